The van der Waals surface area contributed by atoms with Crippen LogP contribution in [0.5, 0.6) is 11.5 Å². The first-order valence-electron chi connectivity index (χ1n) is 3.85. The van der Waals surface area contributed by atoms with Crippen LogP contribution >= 0.6 is 0 Å². The molecule has 13 heavy (non-hydrogen) atoms. The van der Waals surface area contributed by atoms with Crippen molar-refractivity contribution >= 4 is 0 Å². The highest BCUT2D eigenvalue weighted by Crippen LogP contribution is 2.13. The van der Waals surface area contributed by atoms with Crippen molar-refractivity contribution in [1.29, 1.82) is 0 Å². The van der Waals surface area contributed by atoms with E-state index in [0.717, 1.165) is 13.2 Å². The fourth-order valence-electron chi connectivity index (χ4n) is 0.572. The lowest BCUT2D eigenvalue weighted by Crippen LogP contribution is -2.28. The summed E-state index contributed by atoms with van der Waals surface area (Å²) in [6.45, 7) is 5.67. The maximum atomic E-state index is 9.95. The second kappa shape index (κ2) is 5.31. The average Bonchev–Trinajstić information content (AvgIpc) is 2.17. The van der Waals surface area contributed by atoms with E-state index in [1.165, 1.54) is 0 Å². The fraction of sp³-hybridized carbons (Fsp3) is 0.500. The van der Waals surface area contributed by atoms with Gasteiger partial charge in [0.2, 0.25) is 11.5 Å². The molecule has 0 unspecified atom stereocenters. The van der Waals surface area contributed by atoms with Gasteiger partial charge in [0, 0.05) is 13.2 Å². The van der Waals surface area contributed by atoms with Gasteiger partial charge in [0.1, 0.15) is 0 Å². The van der Waals surface area contributed by atoms with Crippen molar-refractivity contribution in [3.05, 3.63) is 20.4 Å². The molecule has 1 aromatic rings. The van der Waals surface area contributed by atoms with Crippen molar-refractivity contribution in [3.8, 4) is 11.5 Å². The molecular weight excluding hydrogens is 176 g/mol. The van der Waals surface area contributed by atoms with Gasteiger partial charge in [0.15, 0.2) is 0 Å². The van der Waals surface area contributed by atoms with Crippen LogP contribution in [0, 0.1) is 0 Å². The molecule has 0 aliphatic rings. The highest BCUT2D eigenvalue weighted by Gasteiger charge is 2.17. The van der Waals surface area contributed by atoms with Crippen molar-refractivity contribution in [3.63, 3.8) is 0 Å². The van der Waals surface area contributed by atoms with Gasteiger partial charge in [-0.15, -0.1) is 0 Å². The lowest BCUT2D eigenvalue weighted by atomic mass is 10.2. The summed E-state index contributed by atoms with van der Waals surface area (Å²) in [5, 5.41) is 16.4. The Bertz CT molecular complexity index is 289. The Hall–Kier alpha value is -1.36. The summed E-state index contributed by atoms with van der Waals surface area (Å²) in [6.07, 6.45) is 0. The molecule has 5 nitrogen and oxygen atoms in total. The standard InChI is InChI=1S/C4H2O4.C4H10O/c5-1-2(6)4(8)3(1)7;1-3-5-4-2/h5-6H;3-4H2,1-2H3. The summed E-state index contributed by atoms with van der Waals surface area (Å²) >= 11 is 0. The van der Waals surface area contributed by atoms with Crippen molar-refractivity contribution in [2.24, 2.45) is 0 Å². The maximum Gasteiger partial charge on any atom is 0.275 e. The van der Waals surface area contributed by atoms with Gasteiger partial charge in [-0.3, -0.25) is 9.59 Å². The lowest BCUT2D eigenvalue weighted by Gasteiger charge is -1.92. The van der Waals surface area contributed by atoms with Gasteiger partial charge >= 0.3 is 0 Å². The monoisotopic (exact) mass is 188 g/mol. The molecule has 0 saturated heterocycles. The summed E-state index contributed by atoms with van der Waals surface area (Å²) in [6, 6.07) is 0. The Morgan fingerprint density at radius 3 is 1.38 bits per heavy atom. The Kier molecular flexibility index (Phi) is 4.76. The molecule has 0 radical (unpaired) electrons. The molecule has 0 saturated carbocycles. The van der Waals surface area contributed by atoms with Crippen molar-refractivity contribution in [2.75, 3.05) is 13.2 Å². The van der Waals surface area contributed by atoms with Crippen LogP contribution in [0.2, 0.25) is 0 Å². The van der Waals surface area contributed by atoms with E-state index in [2.05, 4.69) is 0 Å². The number of hydrogen-bond acceptors (Lipinski definition) is 5. The summed E-state index contributed by atoms with van der Waals surface area (Å²) in [7, 11) is 0. The molecule has 0 bridgehead atoms. The smallest absolute Gasteiger partial charge is 0.275 e. The minimum atomic E-state index is -1.01. The lowest BCUT2D eigenvalue weighted by molar-refractivity contribution is 0.162. The molecule has 5 heteroatoms. The van der Waals surface area contributed by atoms with E-state index in [0.29, 0.717) is 0 Å². The van der Waals surface area contributed by atoms with Crippen LogP contribution in [0.4, 0.5) is 0 Å². The highest BCUT2D eigenvalue weighted by molar-refractivity contribution is 5.42. The van der Waals surface area contributed by atoms with Crippen LogP contribution in [0.15, 0.2) is 9.59 Å². The maximum absolute atomic E-state index is 9.95. The summed E-state index contributed by atoms with van der Waals surface area (Å²) in [5.41, 5.74) is -2.02. The van der Waals surface area contributed by atoms with Gasteiger partial charge in [-0.25, -0.2) is 0 Å². The molecule has 0 aliphatic heterocycles. The zero-order chi connectivity index (χ0) is 10.4. The molecule has 0 aliphatic carbocycles. The van der Waals surface area contributed by atoms with Crippen LogP contribution < -0.4 is 10.9 Å². The third-order valence-corrected chi connectivity index (χ3v) is 1.27. The van der Waals surface area contributed by atoms with E-state index in [1.807, 2.05) is 13.8 Å². The van der Waals surface area contributed by atoms with Crippen LogP contribution in [-0.2, 0) is 4.74 Å². The predicted octanol–water partition coefficient (Wildman–Crippen LogP) is -0.263. The van der Waals surface area contributed by atoms with E-state index in [9.17, 15) is 9.59 Å². The van der Waals surface area contributed by atoms with E-state index < -0.39 is 22.4 Å². The molecule has 74 valence electrons. The third-order valence-electron chi connectivity index (χ3n) is 1.27. The zero-order valence-corrected chi connectivity index (χ0v) is 7.53. The van der Waals surface area contributed by atoms with E-state index in [1.54, 1.807) is 0 Å². The third kappa shape index (κ3) is 2.87. The fourth-order valence-corrected chi connectivity index (χ4v) is 0.572. The molecule has 0 atom stereocenters. The van der Waals surface area contributed by atoms with Gasteiger partial charge in [-0.1, -0.05) is 0 Å². The minimum Gasteiger partial charge on any atom is -0.501 e. The number of hydrogen-bond donors (Lipinski definition) is 2. The van der Waals surface area contributed by atoms with Gasteiger partial charge in [0.25, 0.3) is 10.9 Å². The molecule has 1 rings (SSSR count). The first-order chi connectivity index (χ1) is 6.06. The van der Waals surface area contributed by atoms with E-state index in [4.69, 9.17) is 14.9 Å². The molecule has 2 N–H and O–H groups in total. The van der Waals surface area contributed by atoms with Gasteiger partial charge < -0.3 is 14.9 Å². The topological polar surface area (TPSA) is 83.8 Å². The van der Waals surface area contributed by atoms with Crippen LogP contribution in [-0.4, -0.2) is 23.4 Å². The first kappa shape index (κ1) is 11.6. The molecular formula is C8H12O5. The number of rotatable bonds is 2. The predicted molar refractivity (Wildman–Crippen MR) is 46.9 cm³/mol. The molecule has 0 fully saturated rings. The van der Waals surface area contributed by atoms with Gasteiger partial charge in [0.05, 0.1) is 0 Å². The molecule has 0 aromatic heterocycles. The van der Waals surface area contributed by atoms with Crippen molar-refractivity contribution in [2.45, 2.75) is 13.8 Å². The molecule has 0 spiro atoms. The Balaban J connectivity index is 0.000000252. The zero-order valence-electron chi connectivity index (χ0n) is 7.53. The molecule has 1 aromatic carbocycles. The first-order valence-corrected chi connectivity index (χ1v) is 3.85. The SMILES string of the molecule is CCOCC.O=c1c(O)c(O)c1=O. The highest BCUT2D eigenvalue weighted by atomic mass is 16.5. The Morgan fingerprint density at radius 2 is 1.31 bits per heavy atom. The van der Waals surface area contributed by atoms with Gasteiger partial charge in [-0.05, 0) is 13.8 Å². The van der Waals surface area contributed by atoms with Crippen LogP contribution in [0.25, 0.3) is 0 Å². The van der Waals surface area contributed by atoms with E-state index in [-0.39, 0.29) is 0 Å². The second-order valence-corrected chi connectivity index (χ2v) is 2.14. The Labute approximate surface area is 74.9 Å². The van der Waals surface area contributed by atoms with Crippen molar-refractivity contribution in [1.82, 2.24) is 0 Å². The molecule has 0 heterocycles. The molecule has 0 amide bonds. The number of ether oxygens (including phenoxy) is 1. The normalized spacial score (nSPS) is 9.38. The van der Waals surface area contributed by atoms with Crippen LogP contribution in [0.3, 0.4) is 0 Å². The van der Waals surface area contributed by atoms with Crippen LogP contribution in [0.1, 0.15) is 13.8 Å². The summed E-state index contributed by atoms with van der Waals surface area (Å²) in [4.78, 5) is 19.9. The quantitative estimate of drug-likeness (QED) is 0.624. The summed E-state index contributed by atoms with van der Waals surface area (Å²) in [5.74, 6) is -1.65. The number of aromatic hydroxyl groups is 2. The minimum absolute atomic E-state index is 0.824. The van der Waals surface area contributed by atoms with E-state index >= 15 is 0 Å². The van der Waals surface area contributed by atoms with Gasteiger partial charge in [-0.2, -0.15) is 0 Å². The largest absolute Gasteiger partial charge is 0.501 e. The second-order valence-electron chi connectivity index (χ2n) is 2.14. The Morgan fingerprint density at radius 1 is 1.00 bits per heavy atom. The average molecular weight is 188 g/mol. The van der Waals surface area contributed by atoms with Crippen molar-refractivity contribution < 1.29 is 14.9 Å². The summed E-state index contributed by atoms with van der Waals surface area (Å²) < 4.78 is 4.83.